The molecule has 1 amide bonds. The van der Waals surface area contributed by atoms with Crippen molar-refractivity contribution in [2.24, 2.45) is 5.73 Å². The van der Waals surface area contributed by atoms with Gasteiger partial charge in [0.2, 0.25) is 5.91 Å². The number of nitrogens with two attached hydrogens (primary N) is 1. The van der Waals surface area contributed by atoms with Crippen LogP contribution in [0.5, 0.6) is 0 Å². The second-order valence-electron chi connectivity index (χ2n) is 4.29. The standard InChI is InChI=1S/C13H19FN2O/c1-9-7-11(3-5-12(9)14)4-6-13(17)16-10(2)8-15/h3,5,7,10H,4,6,8,15H2,1-2H3,(H,16,17). The Labute approximate surface area is 101 Å². The van der Waals surface area contributed by atoms with E-state index in [1.54, 1.807) is 19.1 Å². The van der Waals surface area contributed by atoms with Crippen molar-refractivity contribution in [3.05, 3.63) is 35.1 Å². The van der Waals surface area contributed by atoms with E-state index in [9.17, 15) is 9.18 Å². The van der Waals surface area contributed by atoms with Gasteiger partial charge in [0.05, 0.1) is 0 Å². The Balaban J connectivity index is 2.45. The fourth-order valence-corrected chi connectivity index (χ4v) is 1.53. The van der Waals surface area contributed by atoms with Gasteiger partial charge in [-0.15, -0.1) is 0 Å². The van der Waals surface area contributed by atoms with Crippen molar-refractivity contribution in [2.45, 2.75) is 32.7 Å². The highest BCUT2D eigenvalue weighted by Crippen LogP contribution is 2.10. The van der Waals surface area contributed by atoms with Gasteiger partial charge in [-0.25, -0.2) is 4.39 Å². The van der Waals surface area contributed by atoms with Gasteiger partial charge in [-0.05, 0) is 37.5 Å². The van der Waals surface area contributed by atoms with E-state index in [2.05, 4.69) is 5.32 Å². The molecule has 1 rings (SSSR count). The smallest absolute Gasteiger partial charge is 0.220 e. The van der Waals surface area contributed by atoms with E-state index in [4.69, 9.17) is 5.73 Å². The number of nitrogens with one attached hydrogen (secondary N) is 1. The summed E-state index contributed by atoms with van der Waals surface area (Å²) in [5.74, 6) is -0.236. The van der Waals surface area contributed by atoms with Crippen LogP contribution in [0.25, 0.3) is 0 Å². The van der Waals surface area contributed by atoms with Gasteiger partial charge in [0.15, 0.2) is 0 Å². The number of aryl methyl sites for hydroxylation is 2. The zero-order valence-electron chi connectivity index (χ0n) is 10.3. The Morgan fingerprint density at radius 3 is 2.82 bits per heavy atom. The van der Waals surface area contributed by atoms with Gasteiger partial charge in [-0.3, -0.25) is 4.79 Å². The Kier molecular flexibility index (Phi) is 5.10. The maximum atomic E-state index is 13.0. The molecule has 1 aromatic rings. The van der Waals surface area contributed by atoms with Crippen LogP contribution in [0.4, 0.5) is 4.39 Å². The number of hydrogen-bond acceptors (Lipinski definition) is 2. The number of halogens is 1. The van der Waals surface area contributed by atoms with E-state index in [-0.39, 0.29) is 17.8 Å². The molecule has 0 saturated carbocycles. The fourth-order valence-electron chi connectivity index (χ4n) is 1.53. The monoisotopic (exact) mass is 238 g/mol. The Hall–Kier alpha value is -1.42. The predicted molar refractivity (Wildman–Crippen MR) is 66.1 cm³/mol. The molecule has 0 radical (unpaired) electrons. The zero-order chi connectivity index (χ0) is 12.8. The first-order valence-electron chi connectivity index (χ1n) is 5.77. The van der Waals surface area contributed by atoms with Crippen molar-refractivity contribution in [3.8, 4) is 0 Å². The van der Waals surface area contributed by atoms with Gasteiger partial charge in [0.1, 0.15) is 5.82 Å². The lowest BCUT2D eigenvalue weighted by Crippen LogP contribution is -2.37. The van der Waals surface area contributed by atoms with Crippen LogP contribution in [0, 0.1) is 12.7 Å². The molecule has 3 nitrogen and oxygen atoms in total. The molecule has 4 heteroatoms. The fraction of sp³-hybridized carbons (Fsp3) is 0.462. The van der Waals surface area contributed by atoms with Gasteiger partial charge in [0.25, 0.3) is 0 Å². The summed E-state index contributed by atoms with van der Waals surface area (Å²) in [6.07, 6.45) is 1.01. The highest BCUT2D eigenvalue weighted by molar-refractivity contribution is 5.76. The quantitative estimate of drug-likeness (QED) is 0.817. The summed E-state index contributed by atoms with van der Waals surface area (Å²) in [6, 6.07) is 4.92. The average Bonchev–Trinajstić information content (AvgIpc) is 2.30. The first-order valence-corrected chi connectivity index (χ1v) is 5.77. The van der Waals surface area contributed by atoms with Gasteiger partial charge in [-0.1, -0.05) is 12.1 Å². The molecule has 1 aromatic carbocycles. The highest BCUT2D eigenvalue weighted by Gasteiger charge is 2.06. The summed E-state index contributed by atoms with van der Waals surface area (Å²) >= 11 is 0. The Bertz CT molecular complexity index is 393. The van der Waals surface area contributed by atoms with Gasteiger partial charge < -0.3 is 11.1 Å². The molecule has 0 bridgehead atoms. The van der Waals surface area contributed by atoms with Crippen LogP contribution in [0.1, 0.15) is 24.5 Å². The van der Waals surface area contributed by atoms with Gasteiger partial charge >= 0.3 is 0 Å². The van der Waals surface area contributed by atoms with E-state index in [0.29, 0.717) is 24.9 Å². The maximum Gasteiger partial charge on any atom is 0.220 e. The zero-order valence-corrected chi connectivity index (χ0v) is 10.3. The van der Waals surface area contributed by atoms with Gasteiger partial charge in [-0.2, -0.15) is 0 Å². The first kappa shape index (κ1) is 13.6. The summed E-state index contributed by atoms with van der Waals surface area (Å²) in [4.78, 5) is 11.5. The molecule has 94 valence electrons. The third-order valence-corrected chi connectivity index (χ3v) is 2.62. The summed E-state index contributed by atoms with van der Waals surface area (Å²) in [6.45, 7) is 4.01. The molecular formula is C13H19FN2O. The van der Waals surface area contributed by atoms with Crippen molar-refractivity contribution >= 4 is 5.91 Å². The summed E-state index contributed by atoms with van der Waals surface area (Å²) in [5.41, 5.74) is 6.99. The number of rotatable bonds is 5. The minimum atomic E-state index is -0.213. The maximum absolute atomic E-state index is 13.0. The molecule has 0 aliphatic heterocycles. The van der Waals surface area contributed by atoms with E-state index < -0.39 is 0 Å². The minimum Gasteiger partial charge on any atom is -0.352 e. The van der Waals surface area contributed by atoms with Crippen molar-refractivity contribution in [1.82, 2.24) is 5.32 Å². The number of carbonyl (C=O) groups is 1. The van der Waals surface area contributed by atoms with Crippen LogP contribution >= 0.6 is 0 Å². The van der Waals surface area contributed by atoms with Crippen molar-refractivity contribution in [1.29, 1.82) is 0 Å². The SMILES string of the molecule is Cc1cc(CCC(=O)NC(C)CN)ccc1F. The second-order valence-corrected chi connectivity index (χ2v) is 4.29. The van der Waals surface area contributed by atoms with E-state index in [0.717, 1.165) is 5.56 Å². The van der Waals surface area contributed by atoms with E-state index in [1.807, 2.05) is 6.92 Å². The lowest BCUT2D eigenvalue weighted by molar-refractivity contribution is -0.121. The molecule has 0 heterocycles. The third-order valence-electron chi connectivity index (χ3n) is 2.62. The lowest BCUT2D eigenvalue weighted by Gasteiger charge is -2.11. The van der Waals surface area contributed by atoms with Crippen LogP contribution in [-0.4, -0.2) is 18.5 Å². The molecule has 0 aliphatic rings. The Morgan fingerprint density at radius 1 is 1.53 bits per heavy atom. The summed E-state index contributed by atoms with van der Waals surface area (Å²) in [7, 11) is 0. The number of hydrogen-bond donors (Lipinski definition) is 2. The second kappa shape index (κ2) is 6.35. The molecule has 17 heavy (non-hydrogen) atoms. The first-order chi connectivity index (χ1) is 8.02. The average molecular weight is 238 g/mol. The topological polar surface area (TPSA) is 55.1 Å². The molecule has 1 unspecified atom stereocenters. The lowest BCUT2D eigenvalue weighted by atomic mass is 10.1. The van der Waals surface area contributed by atoms with E-state index in [1.165, 1.54) is 6.07 Å². The van der Waals surface area contributed by atoms with Gasteiger partial charge in [0, 0.05) is 19.0 Å². The van der Waals surface area contributed by atoms with Crippen molar-refractivity contribution < 1.29 is 9.18 Å². The summed E-state index contributed by atoms with van der Waals surface area (Å²) in [5, 5.41) is 2.79. The van der Waals surface area contributed by atoms with Crippen molar-refractivity contribution in [3.63, 3.8) is 0 Å². The number of carbonyl (C=O) groups excluding carboxylic acids is 1. The largest absolute Gasteiger partial charge is 0.352 e. The normalized spacial score (nSPS) is 12.2. The number of benzene rings is 1. The predicted octanol–water partition coefficient (Wildman–Crippen LogP) is 1.53. The molecule has 0 aliphatic carbocycles. The third kappa shape index (κ3) is 4.53. The molecule has 0 aromatic heterocycles. The van der Waals surface area contributed by atoms with Crippen molar-refractivity contribution in [2.75, 3.05) is 6.54 Å². The molecule has 0 saturated heterocycles. The summed E-state index contributed by atoms with van der Waals surface area (Å²) < 4.78 is 13.0. The number of amides is 1. The van der Waals surface area contributed by atoms with Crippen LogP contribution in [0.3, 0.4) is 0 Å². The molecule has 1 atom stereocenters. The Morgan fingerprint density at radius 2 is 2.24 bits per heavy atom. The molecule has 0 fully saturated rings. The highest BCUT2D eigenvalue weighted by atomic mass is 19.1. The molecule has 3 N–H and O–H groups in total. The van der Waals surface area contributed by atoms with Crippen LogP contribution in [0.2, 0.25) is 0 Å². The molecule has 0 spiro atoms. The van der Waals surface area contributed by atoms with Crippen LogP contribution in [-0.2, 0) is 11.2 Å². The van der Waals surface area contributed by atoms with Crippen LogP contribution in [0.15, 0.2) is 18.2 Å². The molecular weight excluding hydrogens is 219 g/mol. The van der Waals surface area contributed by atoms with Crippen LogP contribution < -0.4 is 11.1 Å². The minimum absolute atomic E-state index is 0.00236. The van der Waals surface area contributed by atoms with E-state index >= 15 is 0 Å².